The summed E-state index contributed by atoms with van der Waals surface area (Å²) < 4.78 is 0. The summed E-state index contributed by atoms with van der Waals surface area (Å²) >= 11 is 0. The molecule has 0 aromatic rings. The highest BCUT2D eigenvalue weighted by atomic mass is 15.1. The fourth-order valence-corrected chi connectivity index (χ4v) is 3.70. The summed E-state index contributed by atoms with van der Waals surface area (Å²) in [5.41, 5.74) is 0. The largest absolute Gasteiger partial charge is 0.315 e. The number of rotatable bonds is 0. The molecule has 2 saturated heterocycles. The van der Waals surface area contributed by atoms with E-state index in [1.54, 1.807) is 0 Å². The van der Waals surface area contributed by atoms with Gasteiger partial charge in [-0.3, -0.25) is 0 Å². The Balaban J connectivity index is 0.000000291. The molecule has 0 unspecified atom stereocenters. The minimum atomic E-state index is 1.09. The predicted octanol–water partition coefficient (Wildman–Crippen LogP) is 0.104. The highest BCUT2D eigenvalue weighted by Crippen LogP contribution is 1.99. The molecule has 2 aliphatic rings. The van der Waals surface area contributed by atoms with E-state index >= 15 is 0 Å². The first kappa shape index (κ1) is 26.8. The van der Waals surface area contributed by atoms with Gasteiger partial charge in [0.15, 0.2) is 0 Å². The van der Waals surface area contributed by atoms with E-state index in [1.807, 2.05) is 0 Å². The zero-order valence-electron chi connectivity index (χ0n) is 19.8. The maximum absolute atomic E-state index is 3.42. The Hall–Kier alpha value is -0.280. The Morgan fingerprint density at radius 2 is 0.586 bits per heavy atom. The van der Waals surface area contributed by atoms with Crippen LogP contribution < -0.4 is 21.3 Å². The second kappa shape index (κ2) is 19.7. The van der Waals surface area contributed by atoms with Crippen molar-refractivity contribution >= 4 is 0 Å². The average molecular weight is 414 g/mol. The van der Waals surface area contributed by atoms with Crippen LogP contribution in [0.3, 0.4) is 0 Å². The van der Waals surface area contributed by atoms with Crippen molar-refractivity contribution in [2.45, 2.75) is 32.1 Å². The molecular formula is C22H51N7. The maximum Gasteiger partial charge on any atom is 0.00767 e. The molecule has 2 rings (SSSR count). The maximum atomic E-state index is 3.42. The van der Waals surface area contributed by atoms with E-state index in [-0.39, 0.29) is 0 Å². The van der Waals surface area contributed by atoms with Crippen LogP contribution in [0.1, 0.15) is 32.1 Å². The van der Waals surface area contributed by atoms with Crippen LogP contribution in [0, 0.1) is 0 Å². The third-order valence-electron chi connectivity index (χ3n) is 5.61. The third-order valence-corrected chi connectivity index (χ3v) is 5.61. The van der Waals surface area contributed by atoms with Gasteiger partial charge in [-0.05, 0) is 119 Å². The van der Waals surface area contributed by atoms with E-state index < -0.39 is 0 Å². The molecule has 0 radical (unpaired) electrons. The van der Waals surface area contributed by atoms with Gasteiger partial charge in [0, 0.05) is 26.2 Å². The Kier molecular flexibility index (Phi) is 18.1. The van der Waals surface area contributed by atoms with Gasteiger partial charge in [0.05, 0.1) is 0 Å². The molecule has 7 nitrogen and oxygen atoms in total. The fourth-order valence-electron chi connectivity index (χ4n) is 3.70. The van der Waals surface area contributed by atoms with Gasteiger partial charge in [0.25, 0.3) is 0 Å². The first-order valence-corrected chi connectivity index (χ1v) is 12.1. The fraction of sp³-hybridized carbons (Fsp3) is 1.00. The second-order valence-electron chi connectivity index (χ2n) is 8.68. The number of nitrogens with one attached hydrogen (secondary N) is 4. The van der Waals surface area contributed by atoms with Gasteiger partial charge in [-0.1, -0.05) is 0 Å². The summed E-state index contributed by atoms with van der Waals surface area (Å²) in [7, 11) is 6.73. The van der Waals surface area contributed by atoms with Crippen LogP contribution in [0.5, 0.6) is 0 Å². The molecule has 2 heterocycles. The lowest BCUT2D eigenvalue weighted by Crippen LogP contribution is -2.34. The average Bonchev–Trinajstić information content (AvgIpc) is 2.69. The lowest BCUT2D eigenvalue weighted by atomic mass is 10.3. The van der Waals surface area contributed by atoms with Gasteiger partial charge in [0.1, 0.15) is 0 Å². The lowest BCUT2D eigenvalue weighted by molar-refractivity contribution is 0.229. The molecule has 0 saturated carbocycles. The minimum Gasteiger partial charge on any atom is -0.315 e. The van der Waals surface area contributed by atoms with Crippen LogP contribution >= 0.6 is 0 Å². The van der Waals surface area contributed by atoms with Crippen molar-refractivity contribution in [2.24, 2.45) is 0 Å². The lowest BCUT2D eigenvalue weighted by Gasteiger charge is -2.24. The van der Waals surface area contributed by atoms with Crippen molar-refractivity contribution < 1.29 is 0 Å². The summed E-state index contributed by atoms with van der Waals surface area (Å²) in [5, 5.41) is 13.7. The highest BCUT2D eigenvalue weighted by Gasteiger charge is 2.05. The topological polar surface area (TPSA) is 57.8 Å². The summed E-state index contributed by atoms with van der Waals surface area (Å²) in [4.78, 5) is 7.38. The van der Waals surface area contributed by atoms with E-state index in [2.05, 4.69) is 57.1 Å². The molecule has 4 N–H and O–H groups in total. The van der Waals surface area contributed by atoms with Crippen LogP contribution in [-0.4, -0.2) is 127 Å². The van der Waals surface area contributed by atoms with Gasteiger partial charge in [0.2, 0.25) is 0 Å². The molecule has 0 aromatic heterocycles. The van der Waals surface area contributed by atoms with Crippen molar-refractivity contribution in [1.82, 2.24) is 36.0 Å². The van der Waals surface area contributed by atoms with Gasteiger partial charge in [-0.2, -0.15) is 0 Å². The quantitative estimate of drug-likeness (QED) is 0.450. The van der Waals surface area contributed by atoms with Crippen molar-refractivity contribution in [1.29, 1.82) is 0 Å². The Morgan fingerprint density at radius 3 is 0.828 bits per heavy atom. The normalized spacial score (nSPS) is 24.9. The number of nitrogens with zero attached hydrogens (tertiary/aromatic N) is 3. The predicted molar refractivity (Wildman–Crippen MR) is 127 cm³/mol. The van der Waals surface area contributed by atoms with Crippen LogP contribution in [0.15, 0.2) is 0 Å². The number of hydrogen-bond donors (Lipinski definition) is 4. The molecule has 174 valence electrons. The highest BCUT2D eigenvalue weighted by molar-refractivity contribution is 4.62. The minimum absolute atomic E-state index is 1.09. The van der Waals surface area contributed by atoms with Crippen molar-refractivity contribution in [3.8, 4) is 0 Å². The molecule has 2 fully saturated rings. The van der Waals surface area contributed by atoms with Crippen molar-refractivity contribution in [3.05, 3.63) is 0 Å². The standard InChI is InChI=1S/C12H27N3.C10H24N4/c1-13-7-4-9-14(2)11-6-12-15(3)10-5-8-13;1-3-11-7-9-13-5-2-6-14-10-8-12-4-1/h4-12H2,1-3H3;11-14H,1-10H2. The molecule has 0 aromatic carbocycles. The SMILES string of the molecule is C1CNCCNCCCNCCNC1.CN1CCCN(C)CCCN(C)CCC1. The molecule has 0 atom stereocenters. The Morgan fingerprint density at radius 1 is 0.345 bits per heavy atom. The van der Waals surface area contributed by atoms with E-state index in [0.717, 1.165) is 52.4 Å². The summed E-state index contributed by atoms with van der Waals surface area (Å²) in [6.07, 6.45) is 6.37. The molecule has 2 aliphatic heterocycles. The summed E-state index contributed by atoms with van der Waals surface area (Å²) in [6.45, 7) is 16.3. The van der Waals surface area contributed by atoms with Gasteiger partial charge in [-0.25, -0.2) is 0 Å². The van der Waals surface area contributed by atoms with Crippen LogP contribution in [-0.2, 0) is 0 Å². The molecule has 0 spiro atoms. The van der Waals surface area contributed by atoms with Crippen molar-refractivity contribution in [2.75, 3.05) is 113 Å². The van der Waals surface area contributed by atoms with Crippen LogP contribution in [0.25, 0.3) is 0 Å². The van der Waals surface area contributed by atoms with Crippen LogP contribution in [0.2, 0.25) is 0 Å². The number of hydrogen-bond acceptors (Lipinski definition) is 7. The van der Waals surface area contributed by atoms with Gasteiger partial charge >= 0.3 is 0 Å². The smallest absolute Gasteiger partial charge is 0.00767 e. The molecule has 0 amide bonds. The Labute approximate surface area is 181 Å². The van der Waals surface area contributed by atoms with Crippen LogP contribution in [0.4, 0.5) is 0 Å². The first-order chi connectivity index (χ1) is 14.2. The van der Waals surface area contributed by atoms with E-state index in [0.29, 0.717) is 0 Å². The summed E-state index contributed by atoms with van der Waals surface area (Å²) in [6, 6.07) is 0. The monoisotopic (exact) mass is 413 g/mol. The summed E-state index contributed by atoms with van der Waals surface area (Å²) in [5.74, 6) is 0. The molecule has 0 bridgehead atoms. The first-order valence-electron chi connectivity index (χ1n) is 12.1. The van der Waals surface area contributed by atoms with E-state index in [9.17, 15) is 0 Å². The van der Waals surface area contributed by atoms with Crippen molar-refractivity contribution in [3.63, 3.8) is 0 Å². The van der Waals surface area contributed by atoms with Gasteiger partial charge in [-0.15, -0.1) is 0 Å². The van der Waals surface area contributed by atoms with E-state index in [1.165, 1.54) is 71.4 Å². The third kappa shape index (κ3) is 18.2. The zero-order valence-corrected chi connectivity index (χ0v) is 19.8. The molecular weight excluding hydrogens is 362 g/mol. The molecule has 0 aliphatic carbocycles. The molecule has 7 heteroatoms. The zero-order chi connectivity index (χ0) is 21.0. The van der Waals surface area contributed by atoms with E-state index in [4.69, 9.17) is 0 Å². The Bertz CT molecular complexity index is 249. The molecule has 29 heavy (non-hydrogen) atoms. The van der Waals surface area contributed by atoms with Gasteiger partial charge < -0.3 is 36.0 Å². The second-order valence-corrected chi connectivity index (χ2v) is 8.68.